The summed E-state index contributed by atoms with van der Waals surface area (Å²) in [6.07, 6.45) is 5.30. The van der Waals surface area contributed by atoms with Gasteiger partial charge in [0.15, 0.2) is 0 Å². The molecule has 0 spiro atoms. The van der Waals surface area contributed by atoms with E-state index in [1.54, 1.807) is 6.08 Å². The molecule has 0 saturated carbocycles. The maximum atomic E-state index is 12.4. The Morgan fingerprint density at radius 1 is 0.969 bits per heavy atom. The lowest BCUT2D eigenvalue weighted by Gasteiger charge is -2.37. The van der Waals surface area contributed by atoms with E-state index in [0.29, 0.717) is 0 Å². The molecule has 0 radical (unpaired) electrons. The van der Waals surface area contributed by atoms with E-state index in [1.807, 2.05) is 56.5 Å². The number of nitrogens with zero attached hydrogens (tertiary/aromatic N) is 3. The van der Waals surface area contributed by atoms with Crippen LogP contribution in [0.1, 0.15) is 29.7 Å². The van der Waals surface area contributed by atoms with Crippen molar-refractivity contribution in [2.24, 2.45) is 0 Å². The fourth-order valence-corrected chi connectivity index (χ4v) is 4.02. The number of rotatable bonds is 6. The van der Waals surface area contributed by atoms with Crippen LogP contribution in [0.4, 0.5) is 11.5 Å². The van der Waals surface area contributed by atoms with E-state index >= 15 is 0 Å². The van der Waals surface area contributed by atoms with E-state index in [2.05, 4.69) is 56.5 Å². The Bertz CT molecular complexity index is 1070. The Balaban J connectivity index is 1.34. The minimum Gasteiger partial charge on any atom is -0.368 e. The maximum absolute atomic E-state index is 12.4. The largest absolute Gasteiger partial charge is 0.368 e. The number of piperazine rings is 1. The normalized spacial score (nSPS) is 15.1. The first-order valence-corrected chi connectivity index (χ1v) is 11.1. The number of carbonyl (C=O) groups is 1. The van der Waals surface area contributed by atoms with Gasteiger partial charge in [0, 0.05) is 44.1 Å². The van der Waals surface area contributed by atoms with Gasteiger partial charge in [0.1, 0.15) is 5.82 Å². The highest BCUT2D eigenvalue weighted by Crippen LogP contribution is 2.23. The molecule has 4 rings (SSSR count). The van der Waals surface area contributed by atoms with E-state index in [1.165, 1.54) is 11.3 Å². The second kappa shape index (κ2) is 10.1. The fourth-order valence-electron chi connectivity index (χ4n) is 4.02. The molecule has 1 unspecified atom stereocenters. The molecular formula is C27H30N4O. The van der Waals surface area contributed by atoms with Gasteiger partial charge in [-0.2, -0.15) is 0 Å². The number of hydrogen-bond donors (Lipinski definition) is 1. The molecular weight excluding hydrogens is 396 g/mol. The van der Waals surface area contributed by atoms with Gasteiger partial charge in [-0.05, 0) is 55.3 Å². The Morgan fingerprint density at radius 2 is 1.75 bits per heavy atom. The van der Waals surface area contributed by atoms with Crippen LogP contribution in [-0.4, -0.2) is 37.1 Å². The molecule has 5 nitrogen and oxygen atoms in total. The van der Waals surface area contributed by atoms with Gasteiger partial charge in [-0.1, -0.05) is 48.0 Å². The SMILES string of the molecule is Cc1cccc(C=CC(=O)NC(C)c2cccc(N3CCN(c4ccccn4)CC3)c2)c1. The quantitative estimate of drug-likeness (QED) is 0.585. The zero-order chi connectivity index (χ0) is 22.3. The van der Waals surface area contributed by atoms with Crippen molar-refractivity contribution in [3.8, 4) is 0 Å². The molecule has 1 amide bonds. The van der Waals surface area contributed by atoms with Gasteiger partial charge in [-0.25, -0.2) is 4.98 Å². The standard InChI is InChI=1S/C27H30N4O/c1-21-7-5-8-23(19-21)12-13-27(32)29-22(2)24-9-6-10-25(20-24)30-15-17-31(18-16-30)26-11-3-4-14-28-26/h3-14,19-20,22H,15-18H2,1-2H3,(H,29,32). The zero-order valence-electron chi connectivity index (χ0n) is 18.7. The molecule has 2 aromatic carbocycles. The van der Waals surface area contributed by atoms with Crippen molar-refractivity contribution in [3.63, 3.8) is 0 Å². The molecule has 1 aromatic heterocycles. The van der Waals surface area contributed by atoms with Crippen molar-refractivity contribution in [2.45, 2.75) is 19.9 Å². The molecule has 2 heterocycles. The lowest BCUT2D eigenvalue weighted by Crippen LogP contribution is -2.46. The van der Waals surface area contributed by atoms with Crippen LogP contribution in [0.3, 0.4) is 0 Å². The van der Waals surface area contributed by atoms with Gasteiger partial charge in [-0.3, -0.25) is 4.79 Å². The first-order valence-electron chi connectivity index (χ1n) is 11.1. The van der Waals surface area contributed by atoms with E-state index in [0.717, 1.165) is 43.1 Å². The highest BCUT2D eigenvalue weighted by Gasteiger charge is 2.19. The Hall–Kier alpha value is -3.60. The molecule has 3 aromatic rings. The van der Waals surface area contributed by atoms with Crippen molar-refractivity contribution >= 4 is 23.5 Å². The third-order valence-electron chi connectivity index (χ3n) is 5.82. The third-order valence-corrected chi connectivity index (χ3v) is 5.82. The highest BCUT2D eigenvalue weighted by atomic mass is 16.1. The first kappa shape index (κ1) is 21.6. The molecule has 164 valence electrons. The molecule has 1 aliphatic heterocycles. The van der Waals surface area contributed by atoms with Gasteiger partial charge in [0.2, 0.25) is 5.91 Å². The third kappa shape index (κ3) is 5.55. The predicted molar refractivity (Wildman–Crippen MR) is 132 cm³/mol. The topological polar surface area (TPSA) is 48.5 Å². The van der Waals surface area contributed by atoms with Crippen molar-refractivity contribution in [3.05, 3.63) is 95.7 Å². The van der Waals surface area contributed by atoms with Gasteiger partial charge in [0.25, 0.3) is 0 Å². The first-order chi connectivity index (χ1) is 15.6. The summed E-state index contributed by atoms with van der Waals surface area (Å²) in [5.41, 5.74) is 4.50. The van der Waals surface area contributed by atoms with Crippen LogP contribution in [0.25, 0.3) is 6.08 Å². The number of pyridine rings is 1. The van der Waals surface area contributed by atoms with Crippen LogP contribution in [0.5, 0.6) is 0 Å². The van der Waals surface area contributed by atoms with Crippen molar-refractivity contribution in [1.29, 1.82) is 0 Å². The summed E-state index contributed by atoms with van der Waals surface area (Å²) < 4.78 is 0. The summed E-state index contributed by atoms with van der Waals surface area (Å²) in [5.74, 6) is 0.948. The molecule has 0 bridgehead atoms. The van der Waals surface area contributed by atoms with Crippen molar-refractivity contribution in [2.75, 3.05) is 36.0 Å². The summed E-state index contributed by atoms with van der Waals surface area (Å²) >= 11 is 0. The number of amides is 1. The predicted octanol–water partition coefficient (Wildman–Crippen LogP) is 4.61. The van der Waals surface area contributed by atoms with E-state index in [9.17, 15) is 4.79 Å². The van der Waals surface area contributed by atoms with Gasteiger partial charge in [0.05, 0.1) is 6.04 Å². The minimum absolute atomic E-state index is 0.0700. The zero-order valence-corrected chi connectivity index (χ0v) is 18.7. The van der Waals surface area contributed by atoms with Gasteiger partial charge < -0.3 is 15.1 Å². The average Bonchev–Trinajstić information content (AvgIpc) is 2.83. The van der Waals surface area contributed by atoms with E-state index in [-0.39, 0.29) is 11.9 Å². The number of hydrogen-bond acceptors (Lipinski definition) is 4. The molecule has 1 aliphatic rings. The lowest BCUT2D eigenvalue weighted by atomic mass is 10.1. The van der Waals surface area contributed by atoms with E-state index in [4.69, 9.17) is 0 Å². The summed E-state index contributed by atoms with van der Waals surface area (Å²) in [4.78, 5) is 21.6. The summed E-state index contributed by atoms with van der Waals surface area (Å²) in [6, 6.07) is 22.5. The molecule has 0 aliphatic carbocycles. The number of benzene rings is 2. The fraction of sp³-hybridized carbons (Fsp3) is 0.259. The highest BCUT2D eigenvalue weighted by molar-refractivity contribution is 5.92. The minimum atomic E-state index is -0.0895. The molecule has 32 heavy (non-hydrogen) atoms. The number of anilines is 2. The number of carbonyl (C=O) groups excluding carboxylic acids is 1. The number of aromatic nitrogens is 1. The summed E-state index contributed by atoms with van der Waals surface area (Å²) in [6.45, 7) is 7.84. The number of nitrogens with one attached hydrogen (secondary N) is 1. The monoisotopic (exact) mass is 426 g/mol. The van der Waals surface area contributed by atoms with Crippen LogP contribution < -0.4 is 15.1 Å². The molecule has 1 N–H and O–H groups in total. The second-order valence-electron chi connectivity index (χ2n) is 8.23. The van der Waals surface area contributed by atoms with Gasteiger partial charge in [-0.15, -0.1) is 0 Å². The Labute approximate surface area is 190 Å². The van der Waals surface area contributed by atoms with Crippen LogP contribution in [0, 0.1) is 6.92 Å². The molecule has 1 fully saturated rings. The van der Waals surface area contributed by atoms with Crippen molar-refractivity contribution in [1.82, 2.24) is 10.3 Å². The molecule has 5 heteroatoms. The van der Waals surface area contributed by atoms with E-state index < -0.39 is 0 Å². The smallest absolute Gasteiger partial charge is 0.244 e. The number of aryl methyl sites for hydroxylation is 1. The second-order valence-corrected chi connectivity index (χ2v) is 8.23. The van der Waals surface area contributed by atoms with Crippen LogP contribution in [-0.2, 0) is 4.79 Å². The average molecular weight is 427 g/mol. The molecule has 1 atom stereocenters. The Morgan fingerprint density at radius 3 is 2.50 bits per heavy atom. The van der Waals surface area contributed by atoms with Crippen LogP contribution >= 0.6 is 0 Å². The Kier molecular flexibility index (Phi) is 6.85. The van der Waals surface area contributed by atoms with Gasteiger partial charge >= 0.3 is 0 Å². The lowest BCUT2D eigenvalue weighted by molar-refractivity contribution is -0.117. The summed E-state index contributed by atoms with van der Waals surface area (Å²) in [5, 5.41) is 3.08. The molecule has 1 saturated heterocycles. The van der Waals surface area contributed by atoms with Crippen molar-refractivity contribution < 1.29 is 4.79 Å². The van der Waals surface area contributed by atoms with Crippen LogP contribution in [0.15, 0.2) is 79.0 Å². The maximum Gasteiger partial charge on any atom is 0.244 e. The summed E-state index contributed by atoms with van der Waals surface area (Å²) in [7, 11) is 0. The van der Waals surface area contributed by atoms with Crippen LogP contribution in [0.2, 0.25) is 0 Å².